The number of ether oxygens (including phenoxy) is 1. The molecule has 0 aliphatic heterocycles. The molecule has 1 atom stereocenters. The normalized spacial score (nSPS) is 12.4. The van der Waals surface area contributed by atoms with Crippen molar-refractivity contribution < 1.29 is 9.84 Å². The highest BCUT2D eigenvalue weighted by Crippen LogP contribution is 2.19. The maximum atomic E-state index is 9.37. The third-order valence-corrected chi connectivity index (χ3v) is 3.12. The highest BCUT2D eigenvalue weighted by molar-refractivity contribution is 5.35. The number of aryl methyl sites for hydroxylation is 3. The van der Waals surface area contributed by atoms with Crippen LogP contribution in [-0.2, 0) is 6.54 Å². The molecule has 0 radical (unpaired) electrons. The number of hydrogen-bond donors (Lipinski definition) is 1. The summed E-state index contributed by atoms with van der Waals surface area (Å²) in [4.78, 5) is 0. The fraction of sp³-hybridized carbons (Fsp3) is 0.467. The summed E-state index contributed by atoms with van der Waals surface area (Å²) in [5.74, 6) is 0.938. The van der Waals surface area contributed by atoms with Gasteiger partial charge in [0.25, 0.3) is 0 Å². The SMILES string of the molecule is Cc1ccc(C)c(OCCCn2cc(C(C)O)nn2)c1. The van der Waals surface area contributed by atoms with Crippen molar-refractivity contribution in [3.63, 3.8) is 0 Å². The molecule has 20 heavy (non-hydrogen) atoms. The standard InChI is InChI=1S/C15H21N3O2/c1-11-5-6-12(2)15(9-11)20-8-4-7-18-10-14(13(3)19)16-17-18/h5-6,9-10,13,19H,4,7-8H2,1-3H3. The first-order valence-corrected chi connectivity index (χ1v) is 6.84. The minimum atomic E-state index is -0.574. The van der Waals surface area contributed by atoms with Crippen LogP contribution in [0, 0.1) is 13.8 Å². The van der Waals surface area contributed by atoms with Crippen molar-refractivity contribution in [2.75, 3.05) is 6.61 Å². The van der Waals surface area contributed by atoms with Gasteiger partial charge < -0.3 is 9.84 Å². The monoisotopic (exact) mass is 275 g/mol. The van der Waals surface area contributed by atoms with E-state index in [2.05, 4.69) is 35.4 Å². The van der Waals surface area contributed by atoms with Crippen molar-refractivity contribution in [1.29, 1.82) is 0 Å². The van der Waals surface area contributed by atoms with Crippen molar-refractivity contribution in [2.45, 2.75) is 39.8 Å². The molecule has 0 amide bonds. The van der Waals surface area contributed by atoms with E-state index < -0.39 is 6.10 Å². The van der Waals surface area contributed by atoms with E-state index in [0.717, 1.165) is 24.3 Å². The van der Waals surface area contributed by atoms with Gasteiger partial charge in [0, 0.05) is 13.0 Å². The van der Waals surface area contributed by atoms with E-state index in [9.17, 15) is 5.11 Å². The second kappa shape index (κ2) is 6.52. The van der Waals surface area contributed by atoms with E-state index >= 15 is 0 Å². The lowest BCUT2D eigenvalue weighted by Gasteiger charge is -2.09. The summed E-state index contributed by atoms with van der Waals surface area (Å²) in [5, 5.41) is 17.2. The molecular weight excluding hydrogens is 254 g/mol. The molecule has 1 aromatic carbocycles. The summed E-state index contributed by atoms with van der Waals surface area (Å²) in [6, 6.07) is 6.20. The zero-order valence-corrected chi connectivity index (χ0v) is 12.2. The maximum Gasteiger partial charge on any atom is 0.122 e. The highest BCUT2D eigenvalue weighted by atomic mass is 16.5. The zero-order valence-electron chi connectivity index (χ0n) is 12.2. The van der Waals surface area contributed by atoms with E-state index in [0.29, 0.717) is 12.3 Å². The largest absolute Gasteiger partial charge is 0.493 e. The molecule has 0 aliphatic carbocycles. The Labute approximate surface area is 119 Å². The summed E-state index contributed by atoms with van der Waals surface area (Å²) >= 11 is 0. The van der Waals surface area contributed by atoms with Gasteiger partial charge in [0.05, 0.1) is 18.9 Å². The minimum absolute atomic E-state index is 0.574. The van der Waals surface area contributed by atoms with E-state index in [4.69, 9.17) is 4.74 Å². The van der Waals surface area contributed by atoms with Gasteiger partial charge in [-0.3, -0.25) is 4.68 Å². The van der Waals surface area contributed by atoms with Gasteiger partial charge in [-0.05, 0) is 38.0 Å². The molecule has 0 bridgehead atoms. The number of rotatable bonds is 6. The smallest absolute Gasteiger partial charge is 0.122 e. The molecule has 1 heterocycles. The summed E-state index contributed by atoms with van der Waals surface area (Å²) in [6.07, 6.45) is 2.04. The van der Waals surface area contributed by atoms with Crippen LogP contribution in [-0.4, -0.2) is 26.7 Å². The van der Waals surface area contributed by atoms with Gasteiger partial charge in [0.2, 0.25) is 0 Å². The first-order valence-electron chi connectivity index (χ1n) is 6.84. The third-order valence-electron chi connectivity index (χ3n) is 3.12. The molecule has 1 aromatic heterocycles. The molecular formula is C15H21N3O2. The molecule has 0 spiro atoms. The summed E-state index contributed by atoms with van der Waals surface area (Å²) in [5.41, 5.74) is 2.94. The number of aliphatic hydroxyl groups excluding tert-OH is 1. The molecule has 108 valence electrons. The van der Waals surface area contributed by atoms with Crippen molar-refractivity contribution in [3.05, 3.63) is 41.2 Å². The Morgan fingerprint density at radius 3 is 2.85 bits per heavy atom. The number of aromatic nitrogens is 3. The van der Waals surface area contributed by atoms with Gasteiger partial charge in [0.15, 0.2) is 0 Å². The van der Waals surface area contributed by atoms with Crippen LogP contribution in [0.3, 0.4) is 0 Å². The van der Waals surface area contributed by atoms with E-state index in [1.165, 1.54) is 5.56 Å². The van der Waals surface area contributed by atoms with Crippen molar-refractivity contribution in [1.82, 2.24) is 15.0 Å². The Kier molecular flexibility index (Phi) is 4.74. The second-order valence-electron chi connectivity index (χ2n) is 5.05. The van der Waals surface area contributed by atoms with Crippen LogP contribution in [0.2, 0.25) is 0 Å². The summed E-state index contributed by atoms with van der Waals surface area (Å²) < 4.78 is 7.51. The molecule has 2 aromatic rings. The predicted octanol–water partition coefficient (Wildman–Crippen LogP) is 2.42. The predicted molar refractivity (Wildman–Crippen MR) is 76.7 cm³/mol. The molecule has 1 unspecified atom stereocenters. The van der Waals surface area contributed by atoms with Gasteiger partial charge in [-0.15, -0.1) is 5.10 Å². The van der Waals surface area contributed by atoms with Crippen LogP contribution in [0.15, 0.2) is 24.4 Å². The van der Waals surface area contributed by atoms with Crippen LogP contribution in [0.25, 0.3) is 0 Å². The van der Waals surface area contributed by atoms with Gasteiger partial charge >= 0.3 is 0 Å². The lowest BCUT2D eigenvalue weighted by molar-refractivity contribution is 0.194. The number of aliphatic hydroxyl groups is 1. The first kappa shape index (κ1) is 14.5. The molecule has 0 saturated heterocycles. The Morgan fingerprint density at radius 2 is 2.15 bits per heavy atom. The first-order chi connectivity index (χ1) is 9.56. The van der Waals surface area contributed by atoms with Crippen molar-refractivity contribution in [3.8, 4) is 5.75 Å². The Hall–Kier alpha value is -1.88. The molecule has 2 rings (SSSR count). The summed E-state index contributed by atoms with van der Waals surface area (Å²) in [7, 11) is 0. The Balaban J connectivity index is 1.79. The Morgan fingerprint density at radius 1 is 1.35 bits per heavy atom. The third kappa shape index (κ3) is 3.81. The van der Waals surface area contributed by atoms with Crippen LogP contribution < -0.4 is 4.74 Å². The number of benzene rings is 1. The zero-order chi connectivity index (χ0) is 14.5. The second-order valence-corrected chi connectivity index (χ2v) is 5.05. The number of hydrogen-bond acceptors (Lipinski definition) is 4. The van der Waals surface area contributed by atoms with E-state index in [1.54, 1.807) is 17.8 Å². The topological polar surface area (TPSA) is 60.2 Å². The van der Waals surface area contributed by atoms with Gasteiger partial charge in [-0.2, -0.15) is 0 Å². The fourth-order valence-electron chi connectivity index (χ4n) is 1.89. The minimum Gasteiger partial charge on any atom is -0.493 e. The van der Waals surface area contributed by atoms with Crippen LogP contribution in [0.4, 0.5) is 0 Å². The van der Waals surface area contributed by atoms with E-state index in [-0.39, 0.29) is 0 Å². The molecule has 0 saturated carbocycles. The Bertz CT molecular complexity index is 564. The van der Waals surface area contributed by atoms with E-state index in [1.807, 2.05) is 6.92 Å². The van der Waals surface area contributed by atoms with Crippen molar-refractivity contribution in [2.24, 2.45) is 0 Å². The lowest BCUT2D eigenvalue weighted by atomic mass is 10.1. The maximum absolute atomic E-state index is 9.37. The van der Waals surface area contributed by atoms with Gasteiger partial charge in [0.1, 0.15) is 11.4 Å². The number of nitrogens with zero attached hydrogens (tertiary/aromatic N) is 3. The van der Waals surface area contributed by atoms with Crippen LogP contribution in [0.5, 0.6) is 5.75 Å². The highest BCUT2D eigenvalue weighted by Gasteiger charge is 2.06. The molecule has 1 N–H and O–H groups in total. The van der Waals surface area contributed by atoms with Crippen molar-refractivity contribution >= 4 is 0 Å². The average molecular weight is 275 g/mol. The van der Waals surface area contributed by atoms with Gasteiger partial charge in [-0.1, -0.05) is 17.3 Å². The van der Waals surface area contributed by atoms with Crippen LogP contribution >= 0.6 is 0 Å². The van der Waals surface area contributed by atoms with Gasteiger partial charge in [-0.25, -0.2) is 0 Å². The molecule has 5 nitrogen and oxygen atoms in total. The fourth-order valence-corrected chi connectivity index (χ4v) is 1.89. The molecule has 0 aliphatic rings. The average Bonchev–Trinajstić information content (AvgIpc) is 2.87. The molecule has 5 heteroatoms. The quantitative estimate of drug-likeness (QED) is 0.822. The summed E-state index contributed by atoms with van der Waals surface area (Å²) in [6.45, 7) is 7.14. The van der Waals surface area contributed by atoms with Crippen LogP contribution in [0.1, 0.15) is 36.3 Å². The lowest BCUT2D eigenvalue weighted by Crippen LogP contribution is -2.06. The molecule has 0 fully saturated rings.